The zero-order chi connectivity index (χ0) is 14.0. The Bertz CT molecular complexity index is 598. The highest BCUT2D eigenvalue weighted by molar-refractivity contribution is 9.10. The second kappa shape index (κ2) is 5.71. The fourth-order valence-electron chi connectivity index (χ4n) is 2.30. The van der Waals surface area contributed by atoms with Crippen molar-refractivity contribution in [2.45, 2.75) is 30.9 Å². The molecule has 1 unspecified atom stereocenters. The topological polar surface area (TPSA) is 51.2 Å². The van der Waals surface area contributed by atoms with Gasteiger partial charge in [0.2, 0.25) is 0 Å². The first-order valence-corrected chi connectivity index (χ1v) is 8.60. The molecule has 0 radical (unpaired) electrons. The predicted molar refractivity (Wildman–Crippen MR) is 74.2 cm³/mol. The number of halogens is 2. The molecule has 6 heteroatoms. The molecule has 0 aliphatic carbocycles. The molecule has 0 saturated carbocycles. The van der Waals surface area contributed by atoms with Gasteiger partial charge in [0.05, 0.1) is 10.2 Å². The number of carbonyl (C=O) groups is 1. The van der Waals surface area contributed by atoms with Crippen LogP contribution < -0.4 is 0 Å². The Morgan fingerprint density at radius 3 is 2.79 bits per heavy atom. The average Bonchev–Trinajstić information content (AvgIpc) is 2.34. The minimum absolute atomic E-state index is 0.0533. The average molecular weight is 349 g/mol. The number of hydrogen-bond acceptors (Lipinski definition) is 3. The smallest absolute Gasteiger partial charge is 0.160 e. The maximum absolute atomic E-state index is 13.3. The van der Waals surface area contributed by atoms with E-state index in [4.69, 9.17) is 0 Å². The summed E-state index contributed by atoms with van der Waals surface area (Å²) in [6.07, 6.45) is 1.70. The van der Waals surface area contributed by atoms with Crippen LogP contribution in [0.1, 0.15) is 24.8 Å². The summed E-state index contributed by atoms with van der Waals surface area (Å²) in [5.74, 6) is -0.712. The summed E-state index contributed by atoms with van der Waals surface area (Å²) in [5, 5.41) is -0.920. The van der Waals surface area contributed by atoms with Crippen LogP contribution in [-0.4, -0.2) is 25.2 Å². The van der Waals surface area contributed by atoms with Crippen molar-refractivity contribution in [2.24, 2.45) is 0 Å². The van der Waals surface area contributed by atoms with Gasteiger partial charge in [0.1, 0.15) is 11.1 Å². The van der Waals surface area contributed by atoms with E-state index in [1.807, 2.05) is 0 Å². The summed E-state index contributed by atoms with van der Waals surface area (Å²) in [6, 6.07) is 4.42. The highest BCUT2D eigenvalue weighted by Gasteiger charge is 2.34. The van der Waals surface area contributed by atoms with Crippen molar-refractivity contribution in [3.8, 4) is 0 Å². The van der Waals surface area contributed by atoms with Crippen LogP contribution in [0.5, 0.6) is 0 Å². The summed E-state index contributed by atoms with van der Waals surface area (Å²) in [5.41, 5.74) is 0.491. The number of carbonyl (C=O) groups excluding carboxylic acids is 1. The van der Waals surface area contributed by atoms with E-state index >= 15 is 0 Å². The highest BCUT2D eigenvalue weighted by Crippen LogP contribution is 2.25. The van der Waals surface area contributed by atoms with Crippen LogP contribution in [0.2, 0.25) is 0 Å². The van der Waals surface area contributed by atoms with Crippen LogP contribution in [0.4, 0.5) is 4.39 Å². The molecular formula is C13H14BrFO3S. The van der Waals surface area contributed by atoms with Gasteiger partial charge in [-0.15, -0.1) is 0 Å². The Balaban J connectivity index is 2.19. The van der Waals surface area contributed by atoms with E-state index in [2.05, 4.69) is 15.9 Å². The molecule has 1 aliphatic rings. The molecule has 2 rings (SSSR count). The molecule has 1 fully saturated rings. The molecular weight excluding hydrogens is 335 g/mol. The SMILES string of the molecule is O=C(Cc1cccc(F)c1Br)C1CCCCS1(=O)=O. The van der Waals surface area contributed by atoms with Gasteiger partial charge in [-0.2, -0.15) is 0 Å². The lowest BCUT2D eigenvalue weighted by molar-refractivity contribution is -0.118. The van der Waals surface area contributed by atoms with Gasteiger partial charge < -0.3 is 0 Å². The number of benzene rings is 1. The molecule has 0 amide bonds. The minimum atomic E-state index is -3.32. The maximum Gasteiger partial charge on any atom is 0.160 e. The third-order valence-electron chi connectivity index (χ3n) is 3.33. The van der Waals surface area contributed by atoms with Crippen LogP contribution in [0, 0.1) is 5.82 Å². The zero-order valence-electron chi connectivity index (χ0n) is 10.2. The standard InChI is InChI=1S/C13H14BrFO3S/c14-13-9(4-3-5-10(13)15)8-11(16)12-6-1-2-7-19(12,17)18/h3-5,12H,1-2,6-8H2. The summed E-state index contributed by atoms with van der Waals surface area (Å²) in [7, 11) is -3.32. The van der Waals surface area contributed by atoms with Crippen molar-refractivity contribution in [1.29, 1.82) is 0 Å². The second-order valence-corrected chi connectivity index (χ2v) is 7.80. The van der Waals surface area contributed by atoms with Crippen LogP contribution in [0.15, 0.2) is 22.7 Å². The number of ketones is 1. The normalized spacial score (nSPS) is 22.1. The van der Waals surface area contributed by atoms with Crippen LogP contribution in [0.3, 0.4) is 0 Å². The summed E-state index contributed by atoms with van der Waals surface area (Å²) < 4.78 is 37.3. The Kier molecular flexibility index (Phi) is 4.40. The maximum atomic E-state index is 13.3. The molecule has 19 heavy (non-hydrogen) atoms. The van der Waals surface area contributed by atoms with Crippen molar-refractivity contribution < 1.29 is 17.6 Å². The van der Waals surface area contributed by atoms with Crippen molar-refractivity contribution in [2.75, 3.05) is 5.75 Å². The summed E-state index contributed by atoms with van der Waals surface area (Å²) in [4.78, 5) is 12.1. The first-order chi connectivity index (χ1) is 8.92. The largest absolute Gasteiger partial charge is 0.298 e. The number of Topliss-reactive ketones (excluding diaryl/α,β-unsaturated/α-hetero) is 1. The van der Waals surface area contributed by atoms with E-state index in [-0.39, 0.29) is 22.4 Å². The molecule has 1 aromatic carbocycles. The molecule has 104 valence electrons. The first kappa shape index (κ1) is 14.7. The van der Waals surface area contributed by atoms with E-state index in [0.717, 1.165) is 6.42 Å². The van der Waals surface area contributed by atoms with Crippen molar-refractivity contribution in [3.63, 3.8) is 0 Å². The monoisotopic (exact) mass is 348 g/mol. The second-order valence-electron chi connectivity index (χ2n) is 4.71. The minimum Gasteiger partial charge on any atom is -0.298 e. The lowest BCUT2D eigenvalue weighted by Gasteiger charge is -2.21. The van der Waals surface area contributed by atoms with E-state index in [0.29, 0.717) is 18.4 Å². The Morgan fingerprint density at radius 1 is 1.37 bits per heavy atom. The first-order valence-electron chi connectivity index (χ1n) is 6.09. The molecule has 0 bridgehead atoms. The fourth-order valence-corrected chi connectivity index (χ4v) is 4.61. The molecule has 1 heterocycles. The molecule has 0 N–H and O–H groups in total. The Morgan fingerprint density at radius 2 is 2.11 bits per heavy atom. The third-order valence-corrected chi connectivity index (χ3v) is 6.45. The summed E-state index contributed by atoms with van der Waals surface area (Å²) in [6.45, 7) is 0. The molecule has 0 spiro atoms. The number of hydrogen-bond donors (Lipinski definition) is 0. The van der Waals surface area contributed by atoms with Crippen molar-refractivity contribution in [3.05, 3.63) is 34.1 Å². The van der Waals surface area contributed by atoms with Gasteiger partial charge in [-0.3, -0.25) is 4.79 Å². The Hall–Kier alpha value is -0.750. The van der Waals surface area contributed by atoms with Crippen LogP contribution in [-0.2, 0) is 21.1 Å². The quantitative estimate of drug-likeness (QED) is 0.843. The van der Waals surface area contributed by atoms with Gasteiger partial charge in [0.15, 0.2) is 15.6 Å². The van der Waals surface area contributed by atoms with Crippen LogP contribution in [0.25, 0.3) is 0 Å². The van der Waals surface area contributed by atoms with Crippen LogP contribution >= 0.6 is 15.9 Å². The zero-order valence-corrected chi connectivity index (χ0v) is 12.6. The van der Waals surface area contributed by atoms with E-state index in [9.17, 15) is 17.6 Å². The molecule has 3 nitrogen and oxygen atoms in total. The molecule has 1 aliphatic heterocycles. The fraction of sp³-hybridized carbons (Fsp3) is 0.462. The lowest BCUT2D eigenvalue weighted by atomic mass is 10.0. The molecule has 1 atom stereocenters. The van der Waals surface area contributed by atoms with Gasteiger partial charge in [-0.05, 0) is 40.4 Å². The third kappa shape index (κ3) is 3.23. The Labute approximate surface area is 120 Å². The molecule has 1 aromatic rings. The lowest BCUT2D eigenvalue weighted by Crippen LogP contribution is -2.36. The van der Waals surface area contributed by atoms with Crippen molar-refractivity contribution >= 4 is 31.6 Å². The number of sulfone groups is 1. The van der Waals surface area contributed by atoms with E-state index < -0.39 is 20.9 Å². The molecule has 0 aromatic heterocycles. The van der Waals surface area contributed by atoms with Gasteiger partial charge in [-0.25, -0.2) is 12.8 Å². The van der Waals surface area contributed by atoms with Gasteiger partial charge >= 0.3 is 0 Å². The van der Waals surface area contributed by atoms with Crippen molar-refractivity contribution in [1.82, 2.24) is 0 Å². The predicted octanol–water partition coefficient (Wildman–Crippen LogP) is 2.67. The molecule has 1 saturated heterocycles. The van der Waals surface area contributed by atoms with Gasteiger partial charge in [-0.1, -0.05) is 18.6 Å². The van der Waals surface area contributed by atoms with E-state index in [1.165, 1.54) is 12.1 Å². The summed E-state index contributed by atoms with van der Waals surface area (Å²) >= 11 is 3.08. The van der Waals surface area contributed by atoms with Gasteiger partial charge in [0.25, 0.3) is 0 Å². The van der Waals surface area contributed by atoms with E-state index in [1.54, 1.807) is 6.07 Å². The highest BCUT2D eigenvalue weighted by atomic mass is 79.9. The van der Waals surface area contributed by atoms with Gasteiger partial charge in [0, 0.05) is 6.42 Å². The number of rotatable bonds is 3.